The van der Waals surface area contributed by atoms with Gasteiger partial charge in [0.1, 0.15) is 23.0 Å². The Morgan fingerprint density at radius 2 is 1.78 bits per heavy atom. The fourth-order valence-corrected chi connectivity index (χ4v) is 4.31. The number of methoxy groups -OCH3 is 2. The number of rotatable bonds is 6. The van der Waals surface area contributed by atoms with Gasteiger partial charge in [0.05, 0.1) is 30.3 Å². The van der Waals surface area contributed by atoms with E-state index >= 15 is 0 Å². The van der Waals surface area contributed by atoms with Crippen molar-refractivity contribution in [3.05, 3.63) is 65.4 Å². The van der Waals surface area contributed by atoms with Crippen LogP contribution in [-0.4, -0.2) is 40.5 Å². The van der Waals surface area contributed by atoms with Crippen LogP contribution in [-0.2, 0) is 19.6 Å². The van der Waals surface area contributed by atoms with Crippen molar-refractivity contribution in [1.82, 2.24) is 4.72 Å². The van der Waals surface area contributed by atoms with Crippen LogP contribution in [0.1, 0.15) is 29.8 Å². The third kappa shape index (κ3) is 4.34. The van der Waals surface area contributed by atoms with E-state index in [9.17, 15) is 18.0 Å². The largest absolute Gasteiger partial charge is 0.497 e. The standard InChI is InChI=1S/C23H25NO7S/c1-14-6-11-19-17(12-14)20(25)18(21(31-19)23(2,3)22(26)30-5)13-24-32(27,28)16-9-7-15(29-4)8-10-16/h6-13,21,24H,1-5H3/b18-13+. The number of hydrogen-bond donors (Lipinski definition) is 1. The van der Waals surface area contributed by atoms with E-state index in [2.05, 4.69) is 4.72 Å². The van der Waals surface area contributed by atoms with Gasteiger partial charge in [0, 0.05) is 6.20 Å². The van der Waals surface area contributed by atoms with Crippen molar-refractivity contribution in [2.75, 3.05) is 14.2 Å². The molecule has 0 saturated heterocycles. The topological polar surface area (TPSA) is 108 Å². The molecule has 1 aliphatic heterocycles. The second-order valence-corrected chi connectivity index (χ2v) is 9.65. The number of nitrogens with one attached hydrogen (secondary N) is 1. The van der Waals surface area contributed by atoms with E-state index in [0.29, 0.717) is 11.5 Å². The van der Waals surface area contributed by atoms with Crippen LogP contribution in [0.4, 0.5) is 0 Å². The highest BCUT2D eigenvalue weighted by atomic mass is 32.2. The maximum absolute atomic E-state index is 13.3. The molecule has 0 saturated carbocycles. The Labute approximate surface area is 187 Å². The van der Waals surface area contributed by atoms with Gasteiger partial charge in [0.25, 0.3) is 10.0 Å². The molecule has 3 rings (SSSR count). The predicted octanol–water partition coefficient (Wildman–Crippen LogP) is 3.01. The van der Waals surface area contributed by atoms with Gasteiger partial charge >= 0.3 is 5.97 Å². The first kappa shape index (κ1) is 23.3. The number of hydrogen-bond acceptors (Lipinski definition) is 7. The summed E-state index contributed by atoms with van der Waals surface area (Å²) in [5, 5.41) is 0. The molecule has 8 nitrogen and oxygen atoms in total. The number of fused-ring (bicyclic) bond motifs is 1. The van der Waals surface area contributed by atoms with Gasteiger partial charge in [-0.25, -0.2) is 8.42 Å². The lowest BCUT2D eigenvalue weighted by molar-refractivity contribution is -0.154. The molecule has 1 atom stereocenters. The Morgan fingerprint density at radius 1 is 1.12 bits per heavy atom. The molecular weight excluding hydrogens is 434 g/mol. The number of benzene rings is 2. The number of sulfonamides is 1. The molecule has 2 aromatic carbocycles. The zero-order valence-electron chi connectivity index (χ0n) is 18.5. The molecule has 1 unspecified atom stereocenters. The second-order valence-electron chi connectivity index (χ2n) is 7.94. The fourth-order valence-electron chi connectivity index (χ4n) is 3.40. The van der Waals surface area contributed by atoms with Crippen LogP contribution in [0.15, 0.2) is 59.1 Å². The van der Waals surface area contributed by atoms with Gasteiger partial charge in [-0.15, -0.1) is 0 Å². The summed E-state index contributed by atoms with van der Waals surface area (Å²) < 4.78 is 43.9. The van der Waals surface area contributed by atoms with Crippen LogP contribution >= 0.6 is 0 Å². The molecule has 32 heavy (non-hydrogen) atoms. The monoisotopic (exact) mass is 459 g/mol. The normalized spacial score (nSPS) is 17.3. The third-order valence-corrected chi connectivity index (χ3v) is 6.60. The molecule has 9 heteroatoms. The van der Waals surface area contributed by atoms with Crippen LogP contribution in [0, 0.1) is 12.3 Å². The minimum Gasteiger partial charge on any atom is -0.497 e. The van der Waals surface area contributed by atoms with E-state index < -0.39 is 33.3 Å². The molecule has 0 bridgehead atoms. The average Bonchev–Trinajstić information content (AvgIpc) is 2.78. The van der Waals surface area contributed by atoms with Crippen LogP contribution < -0.4 is 14.2 Å². The first-order valence-corrected chi connectivity index (χ1v) is 11.3. The van der Waals surface area contributed by atoms with Crippen LogP contribution in [0.2, 0.25) is 0 Å². The van der Waals surface area contributed by atoms with Crippen LogP contribution in [0.5, 0.6) is 11.5 Å². The second kappa shape index (κ2) is 8.66. The number of ether oxygens (including phenoxy) is 3. The van der Waals surface area contributed by atoms with E-state index in [1.54, 1.807) is 32.0 Å². The van der Waals surface area contributed by atoms with E-state index in [4.69, 9.17) is 14.2 Å². The summed E-state index contributed by atoms with van der Waals surface area (Å²) >= 11 is 0. The SMILES string of the molecule is COC(=O)C(C)(C)C1Oc2ccc(C)cc2C(=O)/C1=C\NS(=O)(=O)c1ccc(OC)cc1. The van der Waals surface area contributed by atoms with E-state index in [1.165, 1.54) is 38.5 Å². The van der Waals surface area contributed by atoms with Gasteiger partial charge in [0.15, 0.2) is 5.78 Å². The summed E-state index contributed by atoms with van der Waals surface area (Å²) in [6.07, 6.45) is 0.0129. The molecule has 0 spiro atoms. The highest BCUT2D eigenvalue weighted by molar-refractivity contribution is 7.89. The van der Waals surface area contributed by atoms with Crippen molar-refractivity contribution in [3.8, 4) is 11.5 Å². The molecule has 0 aliphatic carbocycles. The van der Waals surface area contributed by atoms with Gasteiger partial charge in [-0.05, 0) is 57.2 Å². The molecule has 170 valence electrons. The van der Waals surface area contributed by atoms with Crippen molar-refractivity contribution in [2.45, 2.75) is 31.8 Å². The number of esters is 1. The Bertz CT molecular complexity index is 1180. The molecule has 0 radical (unpaired) electrons. The number of carbonyl (C=O) groups is 2. The van der Waals surface area contributed by atoms with Gasteiger partial charge in [0.2, 0.25) is 0 Å². The molecule has 1 heterocycles. The molecule has 0 aromatic heterocycles. The zero-order chi connectivity index (χ0) is 23.7. The van der Waals surface area contributed by atoms with Crippen molar-refractivity contribution in [3.63, 3.8) is 0 Å². The van der Waals surface area contributed by atoms with Gasteiger partial charge in [-0.3, -0.25) is 14.3 Å². The number of Topliss-reactive ketones (excluding diaryl/α,β-unsaturated/α-hetero) is 1. The summed E-state index contributed by atoms with van der Waals surface area (Å²) in [7, 11) is -1.28. The van der Waals surface area contributed by atoms with Crippen LogP contribution in [0.25, 0.3) is 0 Å². The maximum atomic E-state index is 13.3. The van der Waals surface area contributed by atoms with Crippen LogP contribution in [0.3, 0.4) is 0 Å². The van der Waals surface area contributed by atoms with Gasteiger partial charge in [-0.2, -0.15) is 0 Å². The van der Waals surface area contributed by atoms with Gasteiger partial charge < -0.3 is 14.2 Å². The lowest BCUT2D eigenvalue weighted by atomic mass is 9.78. The predicted molar refractivity (Wildman–Crippen MR) is 117 cm³/mol. The van der Waals surface area contributed by atoms with Crippen molar-refractivity contribution in [2.24, 2.45) is 5.41 Å². The first-order valence-electron chi connectivity index (χ1n) is 9.78. The summed E-state index contributed by atoms with van der Waals surface area (Å²) in [5.74, 6) is -0.216. The summed E-state index contributed by atoms with van der Waals surface area (Å²) in [5.41, 5.74) is -0.151. The minimum atomic E-state index is -3.99. The van der Waals surface area contributed by atoms with E-state index in [-0.39, 0.29) is 16.0 Å². The summed E-state index contributed by atoms with van der Waals surface area (Å²) in [6, 6.07) is 10.9. The smallest absolute Gasteiger partial charge is 0.315 e. The van der Waals surface area contributed by atoms with Crippen molar-refractivity contribution < 1.29 is 32.2 Å². The molecule has 2 aromatic rings. The highest BCUT2D eigenvalue weighted by Gasteiger charge is 2.47. The first-order chi connectivity index (χ1) is 15.0. The Hall–Kier alpha value is -3.33. The molecule has 1 aliphatic rings. The Kier molecular flexibility index (Phi) is 6.32. The summed E-state index contributed by atoms with van der Waals surface area (Å²) in [6.45, 7) is 4.97. The fraction of sp³-hybridized carbons (Fsp3) is 0.304. The minimum absolute atomic E-state index is 0.00409. The van der Waals surface area contributed by atoms with E-state index in [1.807, 2.05) is 6.92 Å². The Morgan fingerprint density at radius 3 is 2.38 bits per heavy atom. The number of aryl methyl sites for hydroxylation is 1. The zero-order valence-corrected chi connectivity index (χ0v) is 19.3. The third-order valence-electron chi connectivity index (χ3n) is 5.28. The lowest BCUT2D eigenvalue weighted by Gasteiger charge is -2.36. The molecule has 1 N–H and O–H groups in total. The Balaban J connectivity index is 2.05. The van der Waals surface area contributed by atoms with Crippen molar-refractivity contribution in [1.29, 1.82) is 0 Å². The molecule has 0 amide bonds. The molecule has 0 fully saturated rings. The van der Waals surface area contributed by atoms with Gasteiger partial charge in [-0.1, -0.05) is 11.6 Å². The molecular formula is C23H25NO7S. The highest BCUT2D eigenvalue weighted by Crippen LogP contribution is 2.39. The number of ketones is 1. The average molecular weight is 460 g/mol. The number of carbonyl (C=O) groups excluding carboxylic acids is 2. The maximum Gasteiger partial charge on any atom is 0.315 e. The van der Waals surface area contributed by atoms with E-state index in [0.717, 1.165) is 11.8 Å². The quantitative estimate of drug-likeness (QED) is 0.523. The summed E-state index contributed by atoms with van der Waals surface area (Å²) in [4.78, 5) is 25.8. The van der Waals surface area contributed by atoms with Crippen molar-refractivity contribution >= 4 is 21.8 Å². The lowest BCUT2D eigenvalue weighted by Crippen LogP contribution is -2.47.